The largest absolute Gasteiger partial charge is 0.310 e. The van der Waals surface area contributed by atoms with Crippen molar-refractivity contribution in [2.24, 2.45) is 5.92 Å². The third kappa shape index (κ3) is 2.79. The van der Waals surface area contributed by atoms with Crippen LogP contribution in [0.1, 0.15) is 44.2 Å². The van der Waals surface area contributed by atoms with Gasteiger partial charge in [-0.1, -0.05) is 37.1 Å². The summed E-state index contributed by atoms with van der Waals surface area (Å²) >= 11 is 0. The Hall–Kier alpha value is -1.41. The van der Waals surface area contributed by atoms with Crippen molar-refractivity contribution in [3.8, 4) is 0 Å². The van der Waals surface area contributed by atoms with Crippen molar-refractivity contribution in [1.82, 2.24) is 10.3 Å². The van der Waals surface area contributed by atoms with Gasteiger partial charge in [-0.2, -0.15) is 0 Å². The second-order valence-corrected chi connectivity index (χ2v) is 5.73. The van der Waals surface area contributed by atoms with E-state index in [1.165, 1.54) is 42.0 Å². The molecule has 0 aliphatic heterocycles. The first kappa shape index (κ1) is 12.6. The van der Waals surface area contributed by atoms with Gasteiger partial charge in [0, 0.05) is 23.8 Å². The molecule has 2 nitrogen and oxygen atoms in total. The van der Waals surface area contributed by atoms with E-state index in [4.69, 9.17) is 0 Å². The molecule has 0 amide bonds. The Bertz CT molecular complexity index is 538. The quantitative estimate of drug-likeness (QED) is 0.889. The maximum atomic E-state index is 4.37. The summed E-state index contributed by atoms with van der Waals surface area (Å²) in [5.74, 6) is 0.880. The third-order valence-electron chi connectivity index (χ3n) is 4.35. The van der Waals surface area contributed by atoms with Gasteiger partial charge in [-0.15, -0.1) is 0 Å². The van der Waals surface area contributed by atoms with E-state index in [1.807, 2.05) is 12.4 Å². The summed E-state index contributed by atoms with van der Waals surface area (Å²) in [6, 6.07) is 8.88. The van der Waals surface area contributed by atoms with Gasteiger partial charge in [-0.05, 0) is 43.2 Å². The molecule has 1 atom stereocenters. The molecule has 0 bridgehead atoms. The van der Waals surface area contributed by atoms with Crippen LogP contribution >= 0.6 is 0 Å². The number of benzene rings is 1. The Kier molecular flexibility index (Phi) is 3.79. The monoisotopic (exact) mass is 254 g/mol. The highest BCUT2D eigenvalue weighted by atomic mass is 14.9. The zero-order chi connectivity index (χ0) is 13.1. The van der Waals surface area contributed by atoms with Crippen LogP contribution in [0.5, 0.6) is 0 Å². The van der Waals surface area contributed by atoms with Crippen molar-refractivity contribution in [3.63, 3.8) is 0 Å². The Morgan fingerprint density at radius 3 is 2.84 bits per heavy atom. The molecule has 0 spiro atoms. The molecular formula is C17H22N2. The fourth-order valence-electron chi connectivity index (χ4n) is 3.15. The molecule has 1 aromatic carbocycles. The summed E-state index contributed by atoms with van der Waals surface area (Å²) in [5.41, 5.74) is 1.32. The topological polar surface area (TPSA) is 24.9 Å². The molecule has 19 heavy (non-hydrogen) atoms. The maximum Gasteiger partial charge on any atom is 0.0346 e. The lowest BCUT2D eigenvalue weighted by molar-refractivity contribution is 0.453. The molecule has 2 heteroatoms. The molecule has 1 fully saturated rings. The Morgan fingerprint density at radius 1 is 1.21 bits per heavy atom. The summed E-state index contributed by atoms with van der Waals surface area (Å²) in [7, 11) is 0. The number of nitrogens with zero attached hydrogens (tertiary/aromatic N) is 1. The first-order valence-corrected chi connectivity index (χ1v) is 7.40. The van der Waals surface area contributed by atoms with Gasteiger partial charge >= 0.3 is 0 Å². The van der Waals surface area contributed by atoms with Crippen LogP contribution in [0.2, 0.25) is 0 Å². The fraction of sp³-hybridized carbons (Fsp3) is 0.471. The minimum atomic E-state index is 0.374. The van der Waals surface area contributed by atoms with Crippen molar-refractivity contribution in [2.45, 2.75) is 38.6 Å². The number of fused-ring (bicyclic) bond motifs is 1. The van der Waals surface area contributed by atoms with Crippen molar-refractivity contribution < 1.29 is 0 Å². The molecule has 1 N–H and O–H groups in total. The average molecular weight is 254 g/mol. The second-order valence-electron chi connectivity index (χ2n) is 5.73. The fourth-order valence-corrected chi connectivity index (χ4v) is 3.15. The van der Waals surface area contributed by atoms with Gasteiger partial charge in [0.15, 0.2) is 0 Å². The molecule has 0 saturated heterocycles. The zero-order valence-electron chi connectivity index (χ0n) is 11.6. The van der Waals surface area contributed by atoms with Gasteiger partial charge in [0.2, 0.25) is 0 Å². The number of nitrogens with one attached hydrogen (secondary N) is 1. The lowest BCUT2D eigenvalue weighted by Gasteiger charge is -2.18. The molecule has 2 aromatic rings. The van der Waals surface area contributed by atoms with Crippen LogP contribution in [-0.2, 0) is 0 Å². The highest BCUT2D eigenvalue weighted by molar-refractivity contribution is 5.84. The average Bonchev–Trinajstić information content (AvgIpc) is 2.97. The van der Waals surface area contributed by atoms with Crippen LogP contribution < -0.4 is 5.32 Å². The molecule has 1 unspecified atom stereocenters. The zero-order valence-corrected chi connectivity index (χ0v) is 11.6. The minimum Gasteiger partial charge on any atom is -0.310 e. The molecule has 1 aliphatic carbocycles. The van der Waals surface area contributed by atoms with E-state index >= 15 is 0 Å². The molecule has 0 radical (unpaired) electrons. The number of rotatable bonds is 4. The van der Waals surface area contributed by atoms with Crippen LogP contribution in [0.15, 0.2) is 36.7 Å². The molecule has 1 aliphatic rings. The van der Waals surface area contributed by atoms with Gasteiger partial charge in [0.1, 0.15) is 0 Å². The number of aromatic nitrogens is 1. The van der Waals surface area contributed by atoms with Crippen LogP contribution in [0.3, 0.4) is 0 Å². The second kappa shape index (κ2) is 5.70. The van der Waals surface area contributed by atoms with E-state index in [0.29, 0.717) is 6.04 Å². The molecule has 100 valence electrons. The Morgan fingerprint density at radius 2 is 2.00 bits per heavy atom. The van der Waals surface area contributed by atoms with Crippen molar-refractivity contribution in [1.29, 1.82) is 0 Å². The summed E-state index contributed by atoms with van der Waals surface area (Å²) in [4.78, 5) is 4.37. The van der Waals surface area contributed by atoms with E-state index in [0.717, 1.165) is 12.5 Å². The lowest BCUT2D eigenvalue weighted by atomic mass is 10.0. The smallest absolute Gasteiger partial charge is 0.0346 e. The van der Waals surface area contributed by atoms with Gasteiger partial charge < -0.3 is 5.32 Å². The van der Waals surface area contributed by atoms with Crippen molar-refractivity contribution in [2.75, 3.05) is 6.54 Å². The predicted octanol–water partition coefficient (Wildman–Crippen LogP) is 4.08. The molecule has 1 saturated carbocycles. The van der Waals surface area contributed by atoms with Gasteiger partial charge in [-0.25, -0.2) is 0 Å². The SMILES string of the molecule is CC(NCC1CCCC1)c1cncc2ccccc12. The summed E-state index contributed by atoms with van der Waals surface area (Å²) in [5, 5.41) is 6.25. The molecular weight excluding hydrogens is 232 g/mol. The summed E-state index contributed by atoms with van der Waals surface area (Å²) in [6.45, 7) is 3.39. The highest BCUT2D eigenvalue weighted by Gasteiger charge is 2.16. The predicted molar refractivity (Wildman–Crippen MR) is 80.1 cm³/mol. The maximum absolute atomic E-state index is 4.37. The first-order valence-electron chi connectivity index (χ1n) is 7.40. The number of hydrogen-bond donors (Lipinski definition) is 1. The van der Waals surface area contributed by atoms with Crippen LogP contribution in [0.25, 0.3) is 10.8 Å². The summed E-state index contributed by atoms with van der Waals surface area (Å²) < 4.78 is 0. The van der Waals surface area contributed by atoms with Crippen molar-refractivity contribution in [3.05, 3.63) is 42.2 Å². The molecule has 1 heterocycles. The number of hydrogen-bond acceptors (Lipinski definition) is 2. The third-order valence-corrected chi connectivity index (χ3v) is 4.35. The van der Waals surface area contributed by atoms with E-state index in [-0.39, 0.29) is 0 Å². The van der Waals surface area contributed by atoms with Crippen molar-refractivity contribution >= 4 is 10.8 Å². The standard InChI is InChI=1S/C17H22N2/c1-13(19-10-14-6-2-3-7-14)17-12-18-11-15-8-4-5-9-16(15)17/h4-5,8-9,11-14,19H,2-3,6-7,10H2,1H3. The molecule has 3 rings (SSSR count). The van der Waals surface area contributed by atoms with E-state index < -0.39 is 0 Å². The lowest BCUT2D eigenvalue weighted by Crippen LogP contribution is -2.24. The van der Waals surface area contributed by atoms with E-state index in [1.54, 1.807) is 0 Å². The first-order chi connectivity index (χ1) is 9.34. The normalized spacial score (nSPS) is 17.9. The van der Waals surface area contributed by atoms with E-state index in [9.17, 15) is 0 Å². The number of pyridine rings is 1. The Labute approximate surface area is 115 Å². The van der Waals surface area contributed by atoms with Crippen LogP contribution in [-0.4, -0.2) is 11.5 Å². The Balaban J connectivity index is 1.75. The summed E-state index contributed by atoms with van der Waals surface area (Å²) in [6.07, 6.45) is 9.57. The highest BCUT2D eigenvalue weighted by Crippen LogP contribution is 2.26. The molecule has 1 aromatic heterocycles. The van der Waals surface area contributed by atoms with Gasteiger partial charge in [-0.3, -0.25) is 4.98 Å². The van der Waals surface area contributed by atoms with E-state index in [2.05, 4.69) is 41.5 Å². The van der Waals surface area contributed by atoms with Crippen LogP contribution in [0.4, 0.5) is 0 Å². The van der Waals surface area contributed by atoms with Gasteiger partial charge in [0.25, 0.3) is 0 Å². The van der Waals surface area contributed by atoms with Gasteiger partial charge in [0.05, 0.1) is 0 Å². The minimum absolute atomic E-state index is 0.374. The van der Waals surface area contributed by atoms with Crippen LogP contribution in [0, 0.1) is 5.92 Å².